The van der Waals surface area contributed by atoms with E-state index in [0.717, 1.165) is 47.5 Å². The van der Waals surface area contributed by atoms with Crippen LogP contribution in [0.2, 0.25) is 0 Å². The highest BCUT2D eigenvalue weighted by molar-refractivity contribution is 5.62. The van der Waals surface area contributed by atoms with Crippen LogP contribution >= 0.6 is 0 Å². The summed E-state index contributed by atoms with van der Waals surface area (Å²) in [7, 11) is 0. The SMILES string of the molecule is Cc1cc(OCc2cnccn2)ccc1Nc1cccc(OCCCC2CCCCC2)n1. The highest BCUT2D eigenvalue weighted by Gasteiger charge is 2.13. The van der Waals surface area contributed by atoms with Gasteiger partial charge in [0.15, 0.2) is 0 Å². The smallest absolute Gasteiger partial charge is 0.215 e. The van der Waals surface area contributed by atoms with Gasteiger partial charge in [-0.2, -0.15) is 4.98 Å². The number of ether oxygens (including phenoxy) is 2. The van der Waals surface area contributed by atoms with Crippen LogP contribution in [0.5, 0.6) is 11.6 Å². The molecule has 2 heterocycles. The monoisotopic (exact) mass is 432 g/mol. The third kappa shape index (κ3) is 6.67. The fourth-order valence-corrected chi connectivity index (χ4v) is 4.16. The van der Waals surface area contributed by atoms with Gasteiger partial charge >= 0.3 is 0 Å². The molecule has 4 rings (SSSR count). The molecule has 3 aromatic rings. The number of pyridine rings is 1. The lowest BCUT2D eigenvalue weighted by atomic mass is 9.86. The van der Waals surface area contributed by atoms with Gasteiger partial charge in [-0.1, -0.05) is 38.2 Å². The molecule has 0 amide bonds. The molecule has 1 aliphatic rings. The third-order valence-electron chi connectivity index (χ3n) is 5.92. The van der Waals surface area contributed by atoms with Crippen LogP contribution in [-0.4, -0.2) is 21.6 Å². The number of aryl methyl sites for hydroxylation is 1. The van der Waals surface area contributed by atoms with Gasteiger partial charge in [0, 0.05) is 24.1 Å². The van der Waals surface area contributed by atoms with Crippen molar-refractivity contribution < 1.29 is 9.47 Å². The lowest BCUT2D eigenvalue weighted by molar-refractivity contribution is 0.263. The number of rotatable bonds is 10. The molecule has 1 aliphatic carbocycles. The van der Waals surface area contributed by atoms with Crippen LogP contribution in [0.4, 0.5) is 11.5 Å². The zero-order chi connectivity index (χ0) is 22.0. The van der Waals surface area contributed by atoms with Crippen LogP contribution in [0.1, 0.15) is 56.2 Å². The summed E-state index contributed by atoms with van der Waals surface area (Å²) in [6.07, 6.45) is 14.4. The summed E-state index contributed by atoms with van der Waals surface area (Å²) in [5.41, 5.74) is 2.85. The number of benzene rings is 1. The minimum Gasteiger partial charge on any atom is -0.487 e. The van der Waals surface area contributed by atoms with Gasteiger partial charge in [0.1, 0.15) is 18.2 Å². The first-order chi connectivity index (χ1) is 15.8. The van der Waals surface area contributed by atoms with E-state index in [1.165, 1.54) is 38.5 Å². The molecular weight excluding hydrogens is 400 g/mol. The van der Waals surface area contributed by atoms with Crippen molar-refractivity contribution in [1.29, 1.82) is 0 Å². The van der Waals surface area contributed by atoms with Crippen molar-refractivity contribution in [1.82, 2.24) is 15.0 Å². The molecule has 1 fully saturated rings. The summed E-state index contributed by atoms with van der Waals surface area (Å²) >= 11 is 0. The van der Waals surface area contributed by atoms with Crippen LogP contribution in [0.25, 0.3) is 0 Å². The maximum atomic E-state index is 5.92. The largest absolute Gasteiger partial charge is 0.487 e. The van der Waals surface area contributed by atoms with Gasteiger partial charge in [-0.3, -0.25) is 9.97 Å². The Morgan fingerprint density at radius 1 is 1.03 bits per heavy atom. The Morgan fingerprint density at radius 2 is 1.94 bits per heavy atom. The fraction of sp³-hybridized carbons (Fsp3) is 0.423. The Labute approximate surface area is 190 Å². The number of nitrogens with one attached hydrogen (secondary N) is 1. The Bertz CT molecular complexity index is 975. The van der Waals surface area contributed by atoms with E-state index in [4.69, 9.17) is 9.47 Å². The second-order valence-corrected chi connectivity index (χ2v) is 8.44. The van der Waals surface area contributed by atoms with E-state index in [0.29, 0.717) is 12.5 Å². The molecular formula is C26H32N4O2. The minimum atomic E-state index is 0.391. The van der Waals surface area contributed by atoms with Crippen molar-refractivity contribution >= 4 is 11.5 Å². The lowest BCUT2D eigenvalue weighted by Crippen LogP contribution is -2.08. The first-order valence-electron chi connectivity index (χ1n) is 11.6. The van der Waals surface area contributed by atoms with Gasteiger partial charge in [-0.05, 0) is 55.5 Å². The average Bonchev–Trinajstić information content (AvgIpc) is 2.84. The van der Waals surface area contributed by atoms with Crippen molar-refractivity contribution in [3.05, 3.63) is 66.2 Å². The first-order valence-corrected chi connectivity index (χ1v) is 11.6. The Balaban J connectivity index is 1.26. The summed E-state index contributed by atoms with van der Waals surface area (Å²) in [4.78, 5) is 12.9. The average molecular weight is 433 g/mol. The third-order valence-corrected chi connectivity index (χ3v) is 5.92. The second-order valence-electron chi connectivity index (χ2n) is 8.44. The van der Waals surface area contributed by atoms with Crippen LogP contribution in [0, 0.1) is 12.8 Å². The first kappa shape index (κ1) is 22.1. The molecule has 32 heavy (non-hydrogen) atoms. The molecule has 0 unspecified atom stereocenters. The predicted molar refractivity (Wildman–Crippen MR) is 126 cm³/mol. The fourth-order valence-electron chi connectivity index (χ4n) is 4.16. The minimum absolute atomic E-state index is 0.391. The number of aromatic nitrogens is 3. The normalized spacial score (nSPS) is 14.2. The zero-order valence-corrected chi connectivity index (χ0v) is 18.8. The van der Waals surface area contributed by atoms with E-state index in [1.807, 2.05) is 43.3 Å². The Kier molecular flexibility index (Phi) is 7.90. The highest BCUT2D eigenvalue weighted by atomic mass is 16.5. The maximum Gasteiger partial charge on any atom is 0.215 e. The summed E-state index contributed by atoms with van der Waals surface area (Å²) in [5.74, 6) is 3.12. The van der Waals surface area contributed by atoms with Crippen molar-refractivity contribution in [3.63, 3.8) is 0 Å². The standard InChI is InChI=1S/C26H32N4O2/c1-20-17-23(32-19-22-18-27-14-15-28-22)12-13-24(20)29-25-10-5-11-26(30-25)31-16-6-9-21-7-3-2-4-8-21/h5,10-15,17-18,21H,2-4,6-9,16,19H2,1H3,(H,29,30). The van der Waals surface area contributed by atoms with Crippen LogP contribution < -0.4 is 14.8 Å². The number of nitrogens with zero attached hydrogens (tertiary/aromatic N) is 3. The molecule has 168 valence electrons. The molecule has 1 aromatic carbocycles. The highest BCUT2D eigenvalue weighted by Crippen LogP contribution is 2.28. The molecule has 6 heteroatoms. The van der Waals surface area contributed by atoms with Crippen LogP contribution in [0.3, 0.4) is 0 Å². The molecule has 2 aromatic heterocycles. The Morgan fingerprint density at radius 3 is 2.75 bits per heavy atom. The van der Waals surface area contributed by atoms with Crippen LogP contribution in [-0.2, 0) is 6.61 Å². The predicted octanol–water partition coefficient (Wildman–Crippen LogP) is 6.24. The molecule has 6 nitrogen and oxygen atoms in total. The number of hydrogen-bond acceptors (Lipinski definition) is 6. The van der Waals surface area contributed by atoms with E-state index in [2.05, 4.69) is 20.3 Å². The molecule has 0 radical (unpaired) electrons. The van der Waals surface area contributed by atoms with Gasteiger partial charge in [0.25, 0.3) is 0 Å². The molecule has 0 aliphatic heterocycles. The summed E-state index contributed by atoms with van der Waals surface area (Å²) in [5, 5.41) is 3.39. The quantitative estimate of drug-likeness (QED) is 0.382. The number of hydrogen-bond donors (Lipinski definition) is 1. The van der Waals surface area contributed by atoms with Gasteiger partial charge < -0.3 is 14.8 Å². The molecule has 0 spiro atoms. The van der Waals surface area contributed by atoms with Crippen molar-refractivity contribution in [2.24, 2.45) is 5.92 Å². The van der Waals surface area contributed by atoms with Gasteiger partial charge in [-0.25, -0.2) is 0 Å². The van der Waals surface area contributed by atoms with E-state index < -0.39 is 0 Å². The summed E-state index contributed by atoms with van der Waals surface area (Å²) in [6, 6.07) is 11.8. The van der Waals surface area contributed by atoms with Crippen molar-refractivity contribution in [3.8, 4) is 11.6 Å². The van der Waals surface area contributed by atoms with Gasteiger partial charge in [0.2, 0.25) is 5.88 Å². The zero-order valence-electron chi connectivity index (χ0n) is 18.8. The maximum absolute atomic E-state index is 5.92. The van der Waals surface area contributed by atoms with Gasteiger partial charge in [0.05, 0.1) is 18.5 Å². The van der Waals surface area contributed by atoms with E-state index in [1.54, 1.807) is 18.6 Å². The summed E-state index contributed by atoms with van der Waals surface area (Å²) < 4.78 is 11.7. The molecule has 0 bridgehead atoms. The van der Waals surface area contributed by atoms with E-state index in [9.17, 15) is 0 Å². The Hall–Kier alpha value is -3.15. The molecule has 0 atom stereocenters. The van der Waals surface area contributed by atoms with Crippen molar-refractivity contribution in [2.75, 3.05) is 11.9 Å². The molecule has 1 N–H and O–H groups in total. The lowest BCUT2D eigenvalue weighted by Gasteiger charge is -2.21. The molecule has 0 saturated heterocycles. The summed E-state index contributed by atoms with van der Waals surface area (Å²) in [6.45, 7) is 3.16. The molecule has 1 saturated carbocycles. The van der Waals surface area contributed by atoms with E-state index >= 15 is 0 Å². The topological polar surface area (TPSA) is 69.2 Å². The van der Waals surface area contributed by atoms with E-state index in [-0.39, 0.29) is 0 Å². The second kappa shape index (κ2) is 11.5. The van der Waals surface area contributed by atoms with Crippen molar-refractivity contribution in [2.45, 2.75) is 58.5 Å². The van der Waals surface area contributed by atoms with Crippen LogP contribution in [0.15, 0.2) is 55.0 Å². The number of anilines is 2. The van der Waals surface area contributed by atoms with Gasteiger partial charge in [-0.15, -0.1) is 0 Å².